The highest BCUT2D eigenvalue weighted by Gasteiger charge is 2.49. The minimum atomic E-state index is -4.35. The van der Waals surface area contributed by atoms with Gasteiger partial charge in [0.15, 0.2) is 12.3 Å². The Kier molecular flexibility index (Phi) is 39.8. The van der Waals surface area contributed by atoms with Crippen LogP contribution >= 0.6 is 0 Å². The topological polar surface area (TPSA) is 575 Å². The first-order valence-electron chi connectivity index (χ1n) is 31.7. The van der Waals surface area contributed by atoms with Crippen LogP contribution in [0.5, 0.6) is 0 Å². The smallest absolute Gasteiger partial charge is 0.273 e. The monoisotopic (exact) mass is 1870 g/mol. The molecule has 1 saturated carbocycles. The molecule has 112 heavy (non-hydrogen) atoms. The van der Waals surface area contributed by atoms with E-state index in [1.54, 1.807) is 6.92 Å². The zero-order chi connectivity index (χ0) is 86.2. The van der Waals surface area contributed by atoms with Crippen molar-refractivity contribution in [1.82, 2.24) is 0 Å². The summed E-state index contributed by atoms with van der Waals surface area (Å²) in [5, 5.41) is 16.9. The van der Waals surface area contributed by atoms with Gasteiger partial charge in [-0.3, -0.25) is 34.3 Å². The second-order valence-electron chi connectivity index (χ2n) is 26.5. The number of hydrogen-bond acceptors (Lipinski definition) is 40. The van der Waals surface area contributed by atoms with Crippen molar-refractivity contribution >= 4 is 113 Å². The van der Waals surface area contributed by atoms with Crippen LogP contribution in [-0.2, 0) is 180 Å². The highest BCUT2D eigenvalue weighted by Crippen LogP contribution is 2.48. The maximum atomic E-state index is 12.9. The molecule has 41 nitrogen and oxygen atoms in total. The van der Waals surface area contributed by atoms with E-state index in [0.717, 1.165) is 19.3 Å². The lowest BCUT2D eigenvalue weighted by Gasteiger charge is -2.27. The molecule has 11 heterocycles. The predicted molar refractivity (Wildman–Crippen MR) is 356 cm³/mol. The fourth-order valence-corrected chi connectivity index (χ4v) is 18.2. The third-order valence-corrected chi connectivity index (χ3v) is 26.1. The number of alkyl halides is 9. The molecule has 0 radical (unpaired) electrons. The summed E-state index contributed by atoms with van der Waals surface area (Å²) in [5.41, 5.74) is -2.44. The average molecular weight is 1870 g/mol. The van der Waals surface area contributed by atoms with Gasteiger partial charge in [-0.2, -0.15) is 121 Å². The van der Waals surface area contributed by atoms with Crippen molar-refractivity contribution in [3.8, 4) is 12.1 Å². The molecule has 0 aromatic rings. The predicted octanol–water partition coefficient (Wildman–Crippen LogP) is 1.97. The number of halogens is 9. The van der Waals surface area contributed by atoms with E-state index in [1.807, 2.05) is 32.9 Å². The lowest BCUT2D eigenvalue weighted by molar-refractivity contribution is -0.183. The Morgan fingerprint density at radius 1 is 0.420 bits per heavy atom. The Morgan fingerprint density at radius 3 is 1.08 bits per heavy atom. The molecule has 12 rings (SSSR count). The van der Waals surface area contributed by atoms with Crippen molar-refractivity contribution < 1.29 is 199 Å². The lowest BCUT2D eigenvalue weighted by Crippen LogP contribution is -2.39. The minimum Gasteiger partial charge on any atom is -0.273 e. The van der Waals surface area contributed by atoms with Crippen LogP contribution in [0, 0.1) is 69.2 Å². The van der Waals surface area contributed by atoms with Gasteiger partial charge in [0.2, 0.25) is 0 Å². The molecular formula is C51H82F9N3O38S11. The molecule has 0 N–H and O–H groups in total. The largest absolute Gasteiger partial charge is 0.400 e. The molecule has 0 bridgehead atoms. The van der Waals surface area contributed by atoms with Gasteiger partial charge in [0, 0.05) is 16.7 Å². The average Bonchev–Trinajstić information content (AvgIpc) is 1.63. The van der Waals surface area contributed by atoms with Crippen molar-refractivity contribution in [2.45, 2.75) is 116 Å². The van der Waals surface area contributed by atoms with E-state index in [4.69, 9.17) is 17.1 Å². The third kappa shape index (κ3) is 45.6. The maximum absolute atomic E-state index is 12.9. The second kappa shape index (κ2) is 42.5. The molecule has 0 amide bonds. The van der Waals surface area contributed by atoms with Gasteiger partial charge < -0.3 is 0 Å². The third-order valence-electron chi connectivity index (χ3n) is 14.8. The van der Waals surface area contributed by atoms with Crippen molar-refractivity contribution in [1.29, 1.82) is 10.5 Å². The Labute approximate surface area is 644 Å². The summed E-state index contributed by atoms with van der Waals surface area (Å²) in [6.45, 7) is 10.5. The highest BCUT2D eigenvalue weighted by atomic mass is 32.3. The van der Waals surface area contributed by atoms with Gasteiger partial charge in [-0.15, -0.1) is 0 Å². The first-order valence-corrected chi connectivity index (χ1v) is 47.9. The number of rotatable bonds is 1. The first-order chi connectivity index (χ1) is 50.6. The van der Waals surface area contributed by atoms with Gasteiger partial charge in [0.1, 0.15) is 45.8 Å². The summed E-state index contributed by atoms with van der Waals surface area (Å²) in [4.78, 5) is 2.64. The van der Waals surface area contributed by atoms with Crippen LogP contribution in [0.25, 0.3) is 4.85 Å². The standard InChI is InChI=1S/C6H9NO3S.C5H7F3O3S.C5H6FNO3S.C5H9FO3S.C5H7NO3S.C5H8O4S.C5H10O4S.C5H10O3S.C4H7FO4S.C3H4F2O4S.C3H5FO4S/c1-6(4-7)2-3-11(8,9)10-5-6;6-5(7,8)4-1-2-12(9,10)11-3-4;1-7-5(6)2-3-11(8,9)10-4-5;2*6-3-5-1-2-10(7,8)9-4-5;6-10(7)8-3-5(1-2-5)4-9-10;1-5(2)3-8-10(6,7)9-4-5;1-5-2-3-9(6,7)8-4-5;1-4(5)2-8-10(6,7)9-3-4;4-3(5)1-8-10(6,7)9-2-3;4-3-1-7-9(5,6)8-2-3/h2-3,5H2,1H3;4H,1-3H2;2-4H2;5H,1-4H2;5H,1-2,4H2;1-4H2;3-4H2,1-2H3;5H,2-4H2,1H3;2-3H2,1H3;1-2H2;3H,1-2H2. The molecule has 6 atom stereocenters. The van der Waals surface area contributed by atoms with Gasteiger partial charge in [0.25, 0.3) is 66.6 Å². The first kappa shape index (κ1) is 105. The summed E-state index contributed by atoms with van der Waals surface area (Å²) in [6, 6.07) is 3.98. The highest BCUT2D eigenvalue weighted by molar-refractivity contribution is 7.88. The minimum absolute atomic E-state index is 0.00810. The van der Waals surface area contributed by atoms with Crippen molar-refractivity contribution in [2.75, 3.05) is 147 Å². The Morgan fingerprint density at radius 2 is 0.795 bits per heavy atom. The summed E-state index contributed by atoms with van der Waals surface area (Å²) in [6.07, 6.45) is -2.41. The van der Waals surface area contributed by atoms with Crippen LogP contribution in [-0.4, -0.2) is 269 Å². The summed E-state index contributed by atoms with van der Waals surface area (Å²) < 4.78 is 407. The van der Waals surface area contributed by atoms with Crippen LogP contribution in [0.1, 0.15) is 86.0 Å². The molecular weight excluding hydrogens is 1790 g/mol. The van der Waals surface area contributed by atoms with E-state index in [-0.39, 0.29) is 85.1 Å². The Hall–Kier alpha value is -3.35. The number of nitrogens with zero attached hydrogens (tertiary/aromatic N) is 3. The lowest BCUT2D eigenvalue weighted by atomic mass is 9.91. The van der Waals surface area contributed by atoms with E-state index < -0.39 is 231 Å². The fourth-order valence-electron chi connectivity index (χ4n) is 7.27. The van der Waals surface area contributed by atoms with Crippen molar-refractivity contribution in [3.63, 3.8) is 0 Å². The van der Waals surface area contributed by atoms with Crippen LogP contribution in [0.2, 0.25) is 0 Å². The van der Waals surface area contributed by atoms with Gasteiger partial charge in [0.05, 0.1) is 136 Å². The second-order valence-corrected chi connectivity index (χ2v) is 43.5. The molecule has 0 aromatic heterocycles. The normalized spacial score (nSPS) is 31.9. The maximum Gasteiger partial charge on any atom is 0.400 e. The van der Waals surface area contributed by atoms with Gasteiger partial charge in [-0.05, 0) is 64.7 Å². The molecule has 61 heteroatoms. The van der Waals surface area contributed by atoms with Gasteiger partial charge in [-0.25, -0.2) is 66.0 Å². The molecule has 12 aliphatic rings. The number of hydrogen-bond donors (Lipinski definition) is 0. The molecule has 658 valence electrons. The summed E-state index contributed by atoms with van der Waals surface area (Å²) >= 11 is 0. The molecule has 6 unspecified atom stereocenters. The van der Waals surface area contributed by atoms with Crippen molar-refractivity contribution in [2.24, 2.45) is 39.9 Å². The summed E-state index contributed by atoms with van der Waals surface area (Å²) in [7, 11) is -39.4. The van der Waals surface area contributed by atoms with Gasteiger partial charge >= 0.3 is 64.0 Å². The quantitative estimate of drug-likeness (QED) is 0.157. The van der Waals surface area contributed by atoms with E-state index in [2.05, 4.69) is 71.8 Å². The molecule has 1 aliphatic carbocycles. The van der Waals surface area contributed by atoms with E-state index in [9.17, 15) is 132 Å². The molecule has 11 aliphatic heterocycles. The van der Waals surface area contributed by atoms with Crippen molar-refractivity contribution in [3.05, 3.63) is 11.4 Å². The Balaban J connectivity index is 0.000000418. The zero-order valence-electron chi connectivity index (χ0n) is 59.6. The van der Waals surface area contributed by atoms with E-state index >= 15 is 0 Å². The summed E-state index contributed by atoms with van der Waals surface area (Å²) in [5.74, 6) is -7.90. The molecule has 1 spiro atoms. The van der Waals surface area contributed by atoms with Crippen LogP contribution < -0.4 is 0 Å². The van der Waals surface area contributed by atoms with E-state index in [1.165, 1.54) is 6.92 Å². The molecule has 11 saturated heterocycles. The van der Waals surface area contributed by atoms with Crippen LogP contribution in [0.15, 0.2) is 0 Å². The molecule has 0 aromatic carbocycles. The van der Waals surface area contributed by atoms with Crippen LogP contribution in [0.3, 0.4) is 0 Å². The zero-order valence-corrected chi connectivity index (χ0v) is 68.5. The van der Waals surface area contributed by atoms with Gasteiger partial charge in [-0.1, -0.05) is 20.8 Å². The fraction of sp³-hybridized carbons (Fsp3) is 0.941. The SMILES string of the molecule is CC1(C#N)CCS(=O)(=O)OC1.CC1(C)COS(=O)(=O)OC1.CC1(F)COS(=O)(=O)OC1.CC1CCS(=O)(=O)OC1.N#CC1CCS(=O)(=O)OC1.O=S1(=O)CCC(C(F)(F)F)CO1.O=S1(=O)CCC(CF)CO1.O=S1(=O)OCC(F)(F)CO1.O=S1(=O)OCC(F)CO1.O=S1(=O)OCC2(CC2)CO1.[C-]#[N+]C1(F)CCS(=O)(=O)OC1. The molecule has 12 fully saturated rings. The van der Waals surface area contributed by atoms with Crippen LogP contribution in [0.4, 0.5) is 39.5 Å². The van der Waals surface area contributed by atoms with E-state index in [0.29, 0.717) is 45.0 Å². The Bertz CT molecular complexity index is 4090. The number of nitriles is 2.